The highest BCUT2D eigenvalue weighted by Crippen LogP contribution is 2.55. The molecule has 40 heavy (non-hydrogen) atoms. The highest BCUT2D eigenvalue weighted by atomic mass is 32.2. The van der Waals surface area contributed by atoms with Crippen LogP contribution < -0.4 is 9.47 Å². The average Bonchev–Trinajstić information content (AvgIpc) is 3.51. The van der Waals surface area contributed by atoms with E-state index in [9.17, 15) is 19.8 Å². The first-order valence-corrected chi connectivity index (χ1v) is 15.4. The van der Waals surface area contributed by atoms with E-state index < -0.39 is 23.3 Å². The smallest absolute Gasteiger partial charge is 0.339 e. The molecule has 4 atom stereocenters. The fraction of sp³-hybridized carbons (Fsp3) is 0.677. The summed E-state index contributed by atoms with van der Waals surface area (Å²) in [7, 11) is 0. The second kappa shape index (κ2) is 11.0. The van der Waals surface area contributed by atoms with Crippen LogP contribution in [0.5, 0.6) is 11.5 Å². The van der Waals surface area contributed by atoms with Gasteiger partial charge >= 0.3 is 5.97 Å². The topological polar surface area (TPSA) is 106 Å². The number of benzene rings is 1. The SMILES string of the molecule is CC1=C[C@]23CCCN2CCc2cc4c(cc2C3[C@@H]1OC(=O)C(O)(CCCC(C)(C)O)CC(=O)SC(C)C)OCO4. The van der Waals surface area contributed by atoms with Crippen LogP contribution in [0.2, 0.25) is 0 Å². The summed E-state index contributed by atoms with van der Waals surface area (Å²) >= 11 is 1.12. The molecule has 0 bridgehead atoms. The molecular weight excluding hydrogens is 530 g/mol. The van der Waals surface area contributed by atoms with Crippen molar-refractivity contribution in [1.82, 2.24) is 4.90 Å². The highest BCUT2D eigenvalue weighted by Gasteiger charge is 2.57. The van der Waals surface area contributed by atoms with Crippen molar-refractivity contribution in [3.05, 3.63) is 34.9 Å². The Bertz CT molecular complexity index is 1190. The second-order valence-electron chi connectivity index (χ2n) is 12.8. The fourth-order valence-corrected chi connectivity index (χ4v) is 7.89. The Morgan fingerprint density at radius 3 is 2.60 bits per heavy atom. The van der Waals surface area contributed by atoms with Gasteiger partial charge in [0.05, 0.1) is 17.6 Å². The van der Waals surface area contributed by atoms with E-state index in [2.05, 4.69) is 23.1 Å². The first-order valence-electron chi connectivity index (χ1n) is 14.5. The van der Waals surface area contributed by atoms with Crippen LogP contribution in [0.3, 0.4) is 0 Å². The molecule has 1 saturated heterocycles. The van der Waals surface area contributed by atoms with Crippen molar-refractivity contribution >= 4 is 22.8 Å². The predicted molar refractivity (Wildman–Crippen MR) is 154 cm³/mol. The monoisotopic (exact) mass is 573 g/mol. The normalized spacial score (nSPS) is 26.9. The predicted octanol–water partition coefficient (Wildman–Crippen LogP) is 4.49. The Labute approximate surface area is 241 Å². The molecule has 2 N–H and O–H groups in total. The van der Waals surface area contributed by atoms with Crippen molar-refractivity contribution in [3.63, 3.8) is 0 Å². The van der Waals surface area contributed by atoms with Crippen LogP contribution in [0, 0.1) is 0 Å². The molecule has 3 aliphatic heterocycles. The molecule has 4 aliphatic rings. The van der Waals surface area contributed by atoms with Crippen LogP contribution in [0.15, 0.2) is 23.8 Å². The minimum absolute atomic E-state index is 0.0346. The van der Waals surface area contributed by atoms with Crippen LogP contribution in [-0.4, -0.2) is 74.2 Å². The number of rotatable bonds is 9. The molecule has 5 rings (SSSR count). The largest absolute Gasteiger partial charge is 0.455 e. The van der Waals surface area contributed by atoms with Crippen molar-refractivity contribution in [3.8, 4) is 11.5 Å². The lowest BCUT2D eigenvalue weighted by molar-refractivity contribution is -0.173. The van der Waals surface area contributed by atoms with Gasteiger partial charge in [-0.3, -0.25) is 9.69 Å². The molecule has 0 radical (unpaired) electrons. The molecule has 2 unspecified atom stereocenters. The maximum atomic E-state index is 13.9. The molecule has 8 nitrogen and oxygen atoms in total. The summed E-state index contributed by atoms with van der Waals surface area (Å²) in [5.74, 6) is 0.516. The van der Waals surface area contributed by atoms with Gasteiger partial charge in [-0.25, -0.2) is 4.79 Å². The van der Waals surface area contributed by atoms with Crippen LogP contribution in [0.4, 0.5) is 0 Å². The van der Waals surface area contributed by atoms with E-state index in [4.69, 9.17) is 14.2 Å². The Hall–Kier alpha value is -2.07. The van der Waals surface area contributed by atoms with E-state index >= 15 is 0 Å². The Morgan fingerprint density at radius 2 is 1.90 bits per heavy atom. The third-order valence-corrected chi connectivity index (χ3v) is 9.66. The molecule has 9 heteroatoms. The third kappa shape index (κ3) is 5.67. The van der Waals surface area contributed by atoms with E-state index in [0.29, 0.717) is 18.6 Å². The first kappa shape index (κ1) is 29.4. The molecule has 1 fully saturated rings. The van der Waals surface area contributed by atoms with E-state index in [-0.39, 0.29) is 41.5 Å². The molecule has 1 spiro atoms. The van der Waals surface area contributed by atoms with Gasteiger partial charge in [0.1, 0.15) is 6.10 Å². The zero-order valence-corrected chi connectivity index (χ0v) is 25.1. The Morgan fingerprint density at radius 1 is 1.18 bits per heavy atom. The van der Waals surface area contributed by atoms with Gasteiger partial charge in [-0.2, -0.15) is 0 Å². The third-order valence-electron chi connectivity index (χ3n) is 8.78. The van der Waals surface area contributed by atoms with Gasteiger partial charge < -0.3 is 24.4 Å². The lowest BCUT2D eigenvalue weighted by atomic mass is 9.77. The maximum Gasteiger partial charge on any atom is 0.339 e. The molecule has 0 saturated carbocycles. The van der Waals surface area contributed by atoms with Gasteiger partial charge in [0.2, 0.25) is 6.79 Å². The van der Waals surface area contributed by atoms with E-state index in [1.165, 1.54) is 0 Å². The molecule has 1 aliphatic carbocycles. The summed E-state index contributed by atoms with van der Waals surface area (Å²) in [6.07, 6.45) is 5.03. The molecule has 3 heterocycles. The van der Waals surface area contributed by atoms with Gasteiger partial charge in [0.15, 0.2) is 22.2 Å². The summed E-state index contributed by atoms with van der Waals surface area (Å²) in [5.41, 5.74) is 0.0138. The second-order valence-corrected chi connectivity index (χ2v) is 14.5. The number of hydrogen-bond donors (Lipinski definition) is 2. The summed E-state index contributed by atoms with van der Waals surface area (Å²) in [6, 6.07) is 4.12. The summed E-state index contributed by atoms with van der Waals surface area (Å²) < 4.78 is 17.7. The first-order chi connectivity index (χ1) is 18.8. The zero-order valence-electron chi connectivity index (χ0n) is 24.3. The minimum atomic E-state index is -1.97. The number of hydrogen-bond acceptors (Lipinski definition) is 9. The summed E-state index contributed by atoms with van der Waals surface area (Å²) in [6.45, 7) is 11.3. The number of aliphatic hydroxyl groups is 2. The van der Waals surface area contributed by atoms with Crippen molar-refractivity contribution < 1.29 is 34.0 Å². The Balaban J connectivity index is 1.47. The van der Waals surface area contributed by atoms with Gasteiger partial charge in [-0.15, -0.1) is 0 Å². The zero-order chi connectivity index (χ0) is 28.9. The van der Waals surface area contributed by atoms with Crippen LogP contribution >= 0.6 is 11.8 Å². The van der Waals surface area contributed by atoms with Crippen molar-refractivity contribution in [2.45, 2.75) is 114 Å². The van der Waals surface area contributed by atoms with E-state index in [1.807, 2.05) is 20.8 Å². The standard InChI is InChI=1S/C31H43NO7S/c1-19(2)40-25(33)17-31(36,11-6-9-29(4,5)35)28(34)39-27-20(3)16-30-10-7-12-32(30)13-8-21-14-23-24(38-18-37-23)15-22(21)26(27)30/h14-16,19,26-27,35-36H,6-13,17-18H2,1-5H3/t26?,27-,30+,31?/m1/s1. The van der Waals surface area contributed by atoms with Gasteiger partial charge in [-0.05, 0) is 94.7 Å². The van der Waals surface area contributed by atoms with Crippen LogP contribution in [0.25, 0.3) is 0 Å². The average molecular weight is 574 g/mol. The lowest BCUT2D eigenvalue weighted by Crippen LogP contribution is -2.49. The minimum Gasteiger partial charge on any atom is -0.455 e. The Kier molecular flexibility index (Phi) is 8.07. The molecule has 1 aromatic rings. The van der Waals surface area contributed by atoms with Crippen molar-refractivity contribution in [1.29, 1.82) is 0 Å². The highest BCUT2D eigenvalue weighted by molar-refractivity contribution is 8.14. The number of thioether (sulfide) groups is 1. The number of ether oxygens (including phenoxy) is 3. The number of carbonyl (C=O) groups excluding carboxylic acids is 2. The quantitative estimate of drug-likeness (QED) is 0.326. The molecule has 1 aromatic carbocycles. The fourth-order valence-electron chi connectivity index (χ4n) is 7.05. The number of esters is 1. The maximum absolute atomic E-state index is 13.9. The van der Waals surface area contributed by atoms with Gasteiger partial charge in [-0.1, -0.05) is 31.7 Å². The van der Waals surface area contributed by atoms with E-state index in [1.54, 1.807) is 13.8 Å². The molecule has 0 amide bonds. The molecular formula is C31H43NO7S. The van der Waals surface area contributed by atoms with E-state index in [0.717, 1.165) is 66.6 Å². The van der Waals surface area contributed by atoms with Crippen molar-refractivity contribution in [2.24, 2.45) is 0 Å². The number of nitrogens with zero attached hydrogens (tertiary/aromatic N) is 1. The van der Waals surface area contributed by atoms with Crippen LogP contribution in [0.1, 0.15) is 90.2 Å². The lowest BCUT2D eigenvalue weighted by Gasteiger charge is -2.40. The molecule has 220 valence electrons. The van der Waals surface area contributed by atoms with Crippen LogP contribution in [-0.2, 0) is 20.7 Å². The molecule has 0 aromatic heterocycles. The number of fused-ring (bicyclic) bond motifs is 3. The van der Waals surface area contributed by atoms with Crippen molar-refractivity contribution in [2.75, 3.05) is 19.9 Å². The summed E-state index contributed by atoms with van der Waals surface area (Å²) in [4.78, 5) is 29.3. The van der Waals surface area contributed by atoms with Gasteiger partial charge in [0.25, 0.3) is 0 Å². The van der Waals surface area contributed by atoms with Gasteiger partial charge in [0, 0.05) is 17.7 Å². The number of carbonyl (C=O) groups is 2. The summed E-state index contributed by atoms with van der Waals surface area (Å²) in [5, 5.41) is 21.7.